The number of sulfonamides is 1. The van der Waals surface area contributed by atoms with Crippen molar-refractivity contribution in [2.24, 2.45) is 0 Å². The summed E-state index contributed by atoms with van der Waals surface area (Å²) in [6.45, 7) is 1.76. The first kappa shape index (κ1) is 15.3. The summed E-state index contributed by atoms with van der Waals surface area (Å²) in [6.07, 6.45) is 1.72. The number of benzene rings is 1. The van der Waals surface area contributed by atoms with Gasteiger partial charge >= 0.3 is 5.97 Å². The molecule has 6 nitrogen and oxygen atoms in total. The fraction of sp³-hybridized carbons (Fsp3) is 0.214. The van der Waals surface area contributed by atoms with Crippen LogP contribution in [0.1, 0.15) is 23.0 Å². The molecule has 0 aliphatic carbocycles. The zero-order valence-corrected chi connectivity index (χ0v) is 12.2. The number of carboxylic acids is 1. The number of H-pyrrole nitrogens is 1. The monoisotopic (exact) mass is 308 g/mol. The third-order valence-electron chi connectivity index (χ3n) is 2.94. The molecule has 21 heavy (non-hydrogen) atoms. The number of hydrogen-bond acceptors (Lipinski definition) is 3. The smallest absolute Gasteiger partial charge is 0.352 e. The van der Waals surface area contributed by atoms with E-state index in [-0.39, 0.29) is 16.6 Å². The average Bonchev–Trinajstić information content (AvgIpc) is 2.89. The quantitative estimate of drug-likeness (QED) is 0.755. The first-order valence-corrected chi connectivity index (χ1v) is 7.85. The molecular formula is C14H16N2O4S. The Bertz CT molecular complexity index is 722. The normalized spacial score (nSPS) is 13.0. The molecule has 1 atom stereocenters. The Morgan fingerprint density at radius 2 is 2.00 bits per heavy atom. The Hall–Kier alpha value is -2.12. The van der Waals surface area contributed by atoms with Gasteiger partial charge in [-0.3, -0.25) is 0 Å². The second-order valence-electron chi connectivity index (χ2n) is 4.77. The van der Waals surface area contributed by atoms with Gasteiger partial charge in [0, 0.05) is 12.2 Å². The van der Waals surface area contributed by atoms with Gasteiger partial charge in [0.1, 0.15) is 10.6 Å². The van der Waals surface area contributed by atoms with Gasteiger partial charge in [0.15, 0.2) is 0 Å². The van der Waals surface area contributed by atoms with Gasteiger partial charge in [0.25, 0.3) is 0 Å². The molecular weight excluding hydrogens is 292 g/mol. The van der Waals surface area contributed by atoms with Crippen molar-refractivity contribution >= 4 is 16.0 Å². The highest BCUT2D eigenvalue weighted by molar-refractivity contribution is 7.89. The number of aromatic nitrogens is 1. The average molecular weight is 308 g/mol. The maximum atomic E-state index is 12.1. The van der Waals surface area contributed by atoms with Crippen molar-refractivity contribution in [2.75, 3.05) is 0 Å². The Kier molecular flexibility index (Phi) is 4.44. The fourth-order valence-corrected chi connectivity index (χ4v) is 3.23. The van der Waals surface area contributed by atoms with Crippen molar-refractivity contribution in [1.29, 1.82) is 0 Å². The lowest BCUT2D eigenvalue weighted by Crippen LogP contribution is -2.33. The molecule has 1 unspecified atom stereocenters. The van der Waals surface area contributed by atoms with E-state index in [0.29, 0.717) is 6.42 Å². The predicted octanol–water partition coefficient (Wildman–Crippen LogP) is 1.62. The molecule has 0 saturated heterocycles. The molecule has 7 heteroatoms. The summed E-state index contributed by atoms with van der Waals surface area (Å²) in [6, 6.07) is 10.3. The van der Waals surface area contributed by atoms with E-state index >= 15 is 0 Å². The van der Waals surface area contributed by atoms with Crippen LogP contribution in [0.4, 0.5) is 0 Å². The second-order valence-corrected chi connectivity index (χ2v) is 6.48. The lowest BCUT2D eigenvalue weighted by Gasteiger charge is -2.13. The topological polar surface area (TPSA) is 99.3 Å². The number of aromatic amines is 1. The first-order chi connectivity index (χ1) is 9.88. The van der Waals surface area contributed by atoms with Crippen LogP contribution in [0.5, 0.6) is 0 Å². The first-order valence-electron chi connectivity index (χ1n) is 6.36. The van der Waals surface area contributed by atoms with Crippen molar-refractivity contribution in [2.45, 2.75) is 24.3 Å². The molecule has 0 spiro atoms. The van der Waals surface area contributed by atoms with Crippen LogP contribution in [0, 0.1) is 0 Å². The third kappa shape index (κ3) is 3.93. The van der Waals surface area contributed by atoms with E-state index in [4.69, 9.17) is 5.11 Å². The lowest BCUT2D eigenvalue weighted by atomic mass is 10.1. The number of nitrogens with one attached hydrogen (secondary N) is 2. The molecule has 1 aromatic carbocycles. The van der Waals surface area contributed by atoms with E-state index in [2.05, 4.69) is 9.71 Å². The zero-order chi connectivity index (χ0) is 15.5. The van der Waals surface area contributed by atoms with Crippen LogP contribution in [-0.2, 0) is 16.4 Å². The van der Waals surface area contributed by atoms with Crippen LogP contribution in [0.15, 0.2) is 47.5 Å². The number of aromatic carboxylic acids is 1. The Morgan fingerprint density at radius 1 is 1.33 bits per heavy atom. The van der Waals surface area contributed by atoms with E-state index in [9.17, 15) is 13.2 Å². The highest BCUT2D eigenvalue weighted by atomic mass is 32.2. The predicted molar refractivity (Wildman–Crippen MR) is 77.7 cm³/mol. The zero-order valence-electron chi connectivity index (χ0n) is 11.4. The Balaban J connectivity index is 2.07. The number of hydrogen-bond donors (Lipinski definition) is 3. The number of carbonyl (C=O) groups is 1. The molecule has 112 valence electrons. The van der Waals surface area contributed by atoms with Crippen LogP contribution < -0.4 is 4.72 Å². The van der Waals surface area contributed by atoms with E-state index in [1.165, 1.54) is 6.20 Å². The van der Waals surface area contributed by atoms with Gasteiger partial charge in [0.2, 0.25) is 10.0 Å². The summed E-state index contributed by atoms with van der Waals surface area (Å²) in [5, 5.41) is 8.79. The van der Waals surface area contributed by atoms with Crippen molar-refractivity contribution in [3.63, 3.8) is 0 Å². The molecule has 0 saturated carbocycles. The summed E-state index contributed by atoms with van der Waals surface area (Å²) in [5.74, 6) is -1.20. The molecule has 0 aliphatic rings. The molecule has 2 rings (SSSR count). The molecule has 0 radical (unpaired) electrons. The minimum atomic E-state index is -3.74. The van der Waals surface area contributed by atoms with Gasteiger partial charge in [-0.25, -0.2) is 17.9 Å². The lowest BCUT2D eigenvalue weighted by molar-refractivity contribution is 0.0691. The van der Waals surface area contributed by atoms with Crippen molar-refractivity contribution in [3.05, 3.63) is 53.9 Å². The molecule has 1 heterocycles. The van der Waals surface area contributed by atoms with Crippen molar-refractivity contribution in [3.8, 4) is 0 Å². The van der Waals surface area contributed by atoms with Crippen molar-refractivity contribution < 1.29 is 18.3 Å². The van der Waals surface area contributed by atoms with Gasteiger partial charge in [0.05, 0.1) is 0 Å². The van der Waals surface area contributed by atoms with Crippen LogP contribution in [0.25, 0.3) is 0 Å². The van der Waals surface area contributed by atoms with E-state index in [1.54, 1.807) is 6.92 Å². The highest BCUT2D eigenvalue weighted by Crippen LogP contribution is 2.12. The molecule has 3 N–H and O–H groups in total. The molecule has 2 aromatic rings. The maximum Gasteiger partial charge on any atom is 0.352 e. The maximum absolute atomic E-state index is 12.1. The van der Waals surface area contributed by atoms with Gasteiger partial charge < -0.3 is 10.1 Å². The SMILES string of the molecule is CC(Cc1ccccc1)NS(=O)(=O)c1c[nH]c(C(=O)O)c1. The summed E-state index contributed by atoms with van der Waals surface area (Å²) >= 11 is 0. The second kappa shape index (κ2) is 6.11. The fourth-order valence-electron chi connectivity index (χ4n) is 2.00. The highest BCUT2D eigenvalue weighted by Gasteiger charge is 2.20. The van der Waals surface area contributed by atoms with Gasteiger partial charge in [-0.05, 0) is 25.0 Å². The van der Waals surface area contributed by atoms with E-state index in [0.717, 1.165) is 11.6 Å². The molecule has 0 fully saturated rings. The third-order valence-corrected chi connectivity index (χ3v) is 4.51. The van der Waals surface area contributed by atoms with E-state index < -0.39 is 16.0 Å². The van der Waals surface area contributed by atoms with Crippen LogP contribution >= 0.6 is 0 Å². The van der Waals surface area contributed by atoms with E-state index in [1.807, 2.05) is 30.3 Å². The summed E-state index contributed by atoms with van der Waals surface area (Å²) in [5.41, 5.74) is 0.860. The summed E-state index contributed by atoms with van der Waals surface area (Å²) < 4.78 is 26.8. The standard InChI is InChI=1S/C14H16N2O4S/c1-10(7-11-5-3-2-4-6-11)16-21(19,20)12-8-13(14(17)18)15-9-12/h2-6,8-10,15-16H,7H2,1H3,(H,17,18). The van der Waals surface area contributed by atoms with Crippen LogP contribution in [-0.4, -0.2) is 30.5 Å². The molecule has 0 bridgehead atoms. The Morgan fingerprint density at radius 3 is 2.57 bits per heavy atom. The molecule has 1 aromatic heterocycles. The minimum absolute atomic E-state index is 0.0835. The number of carboxylic acid groups (broad SMARTS) is 1. The largest absolute Gasteiger partial charge is 0.477 e. The molecule has 0 aliphatic heterocycles. The van der Waals surface area contributed by atoms with Gasteiger partial charge in [-0.1, -0.05) is 30.3 Å². The number of rotatable bonds is 6. The summed E-state index contributed by atoms with van der Waals surface area (Å²) in [7, 11) is -3.74. The van der Waals surface area contributed by atoms with Crippen LogP contribution in [0.2, 0.25) is 0 Å². The summed E-state index contributed by atoms with van der Waals surface area (Å²) in [4.78, 5) is 13.1. The van der Waals surface area contributed by atoms with Crippen molar-refractivity contribution in [1.82, 2.24) is 9.71 Å². The molecule has 0 amide bonds. The Labute approximate surface area is 122 Å². The minimum Gasteiger partial charge on any atom is -0.477 e. The van der Waals surface area contributed by atoms with Crippen LogP contribution in [0.3, 0.4) is 0 Å². The van der Waals surface area contributed by atoms with Gasteiger partial charge in [-0.15, -0.1) is 0 Å². The van der Waals surface area contributed by atoms with Gasteiger partial charge in [-0.2, -0.15) is 0 Å².